The van der Waals surface area contributed by atoms with Gasteiger partial charge >= 0.3 is 0 Å². The fourth-order valence-corrected chi connectivity index (χ4v) is 13.6. The number of allylic oxidation sites excluding steroid dienone is 7. The molecule has 0 spiro atoms. The summed E-state index contributed by atoms with van der Waals surface area (Å²) < 4.78 is 34.4. The molecule has 0 bridgehead atoms. The van der Waals surface area contributed by atoms with Gasteiger partial charge in [0, 0.05) is 6.42 Å². The minimum absolute atomic E-state index is 0.238. The molecule has 17 unspecified atom stereocenters. The average molecular weight is 1410 g/mol. The fourth-order valence-electron chi connectivity index (χ4n) is 13.6. The van der Waals surface area contributed by atoms with Crippen LogP contribution in [0.4, 0.5) is 0 Å². The first-order chi connectivity index (χ1) is 48.3. The van der Waals surface area contributed by atoms with Gasteiger partial charge in [-0.1, -0.05) is 300 Å². The third kappa shape index (κ3) is 41.3. The first-order valence-corrected chi connectivity index (χ1v) is 40.4. The molecule has 3 fully saturated rings. The summed E-state index contributed by atoms with van der Waals surface area (Å²) in [6, 6.07) is -0.990. The minimum Gasteiger partial charge on any atom is -0.394 e. The Kier molecular flexibility index (Phi) is 56.0. The van der Waals surface area contributed by atoms with E-state index in [1.165, 1.54) is 244 Å². The molecule has 12 N–H and O–H groups in total. The lowest BCUT2D eigenvalue weighted by Crippen LogP contribution is -2.66. The SMILES string of the molecule is CCCCCCC/C=C\C/C=C\CCCCCCCCCCCCCCCCCCCCCCCC(=O)NC(COC1OC(CO)C(OC2OC(CO)C(OC3OC(CO)C(O)C(O)C3O)C(O)C2O)C(O)C1O)C(O)/C=C/CC/C=C/CCCCCCCCCCCCCCCCC. The van der Waals surface area contributed by atoms with Crippen molar-refractivity contribution in [2.24, 2.45) is 0 Å². The van der Waals surface area contributed by atoms with Gasteiger partial charge in [0.1, 0.15) is 73.2 Å². The number of amides is 1. The zero-order valence-corrected chi connectivity index (χ0v) is 62.0. The lowest BCUT2D eigenvalue weighted by Gasteiger charge is -2.48. The molecule has 580 valence electrons. The maximum Gasteiger partial charge on any atom is 0.220 e. The van der Waals surface area contributed by atoms with Crippen molar-refractivity contribution in [1.29, 1.82) is 0 Å². The number of aliphatic hydroxyl groups is 11. The van der Waals surface area contributed by atoms with E-state index in [1.54, 1.807) is 6.08 Å². The maximum atomic E-state index is 13.5. The van der Waals surface area contributed by atoms with E-state index < -0.39 is 124 Å². The summed E-state index contributed by atoms with van der Waals surface area (Å²) in [6.45, 7) is 1.75. The quantitative estimate of drug-likeness (QED) is 0.0199. The molecule has 1 amide bonds. The smallest absolute Gasteiger partial charge is 0.220 e. The zero-order chi connectivity index (χ0) is 71.8. The van der Waals surface area contributed by atoms with Crippen LogP contribution < -0.4 is 5.32 Å². The van der Waals surface area contributed by atoms with Crippen molar-refractivity contribution in [3.63, 3.8) is 0 Å². The molecular formula is C80H147NO18. The molecule has 0 aliphatic carbocycles. The second-order valence-corrected chi connectivity index (χ2v) is 28.9. The van der Waals surface area contributed by atoms with Crippen molar-refractivity contribution in [1.82, 2.24) is 5.32 Å². The number of hydrogen-bond donors (Lipinski definition) is 12. The van der Waals surface area contributed by atoms with Crippen LogP contribution in [0.25, 0.3) is 0 Å². The molecule has 3 heterocycles. The van der Waals surface area contributed by atoms with Crippen LogP contribution in [0.2, 0.25) is 0 Å². The second kappa shape index (κ2) is 61.0. The van der Waals surface area contributed by atoms with Gasteiger partial charge < -0.3 is 89.9 Å². The van der Waals surface area contributed by atoms with Gasteiger partial charge in [-0.3, -0.25) is 4.79 Å². The van der Waals surface area contributed by atoms with Crippen molar-refractivity contribution in [3.8, 4) is 0 Å². The monoisotopic (exact) mass is 1410 g/mol. The van der Waals surface area contributed by atoms with E-state index >= 15 is 0 Å². The van der Waals surface area contributed by atoms with Gasteiger partial charge in [-0.25, -0.2) is 0 Å². The molecule has 0 aromatic carbocycles. The Morgan fingerprint density at radius 3 is 1.07 bits per heavy atom. The molecule has 3 aliphatic rings. The molecule has 0 radical (unpaired) electrons. The topological polar surface area (TPSA) is 307 Å². The van der Waals surface area contributed by atoms with Crippen molar-refractivity contribution in [3.05, 3.63) is 48.6 Å². The molecule has 0 aromatic heterocycles. The van der Waals surface area contributed by atoms with E-state index in [-0.39, 0.29) is 18.9 Å². The van der Waals surface area contributed by atoms with Gasteiger partial charge in [-0.15, -0.1) is 0 Å². The Labute approximate surface area is 599 Å². The lowest BCUT2D eigenvalue weighted by molar-refractivity contribution is -0.379. The summed E-state index contributed by atoms with van der Waals surface area (Å²) in [5.74, 6) is -0.280. The molecule has 3 aliphatic heterocycles. The van der Waals surface area contributed by atoms with E-state index in [2.05, 4.69) is 55.6 Å². The molecule has 3 rings (SSSR count). The number of nitrogens with one attached hydrogen (secondary N) is 1. The molecule has 99 heavy (non-hydrogen) atoms. The second-order valence-electron chi connectivity index (χ2n) is 28.9. The van der Waals surface area contributed by atoms with Crippen LogP contribution in [0.3, 0.4) is 0 Å². The third-order valence-electron chi connectivity index (χ3n) is 20.1. The highest BCUT2D eigenvalue weighted by molar-refractivity contribution is 5.76. The molecule has 19 nitrogen and oxygen atoms in total. The summed E-state index contributed by atoms with van der Waals surface area (Å²) in [5, 5.41) is 121. The minimum atomic E-state index is -1.98. The summed E-state index contributed by atoms with van der Waals surface area (Å²) in [5.41, 5.74) is 0. The summed E-state index contributed by atoms with van der Waals surface area (Å²) in [6.07, 6.45) is 49.6. The number of rotatable bonds is 64. The van der Waals surface area contributed by atoms with Gasteiger partial charge in [0.05, 0.1) is 38.6 Å². The zero-order valence-electron chi connectivity index (χ0n) is 62.0. The number of unbranched alkanes of at least 4 members (excludes halogenated alkanes) is 42. The molecule has 0 aromatic rings. The summed E-state index contributed by atoms with van der Waals surface area (Å²) >= 11 is 0. The highest BCUT2D eigenvalue weighted by Crippen LogP contribution is 2.33. The van der Waals surface area contributed by atoms with Gasteiger partial charge in [0.2, 0.25) is 5.91 Å². The van der Waals surface area contributed by atoms with Crippen molar-refractivity contribution in [2.45, 2.75) is 426 Å². The number of carbonyl (C=O) groups excluding carboxylic acids is 1. The van der Waals surface area contributed by atoms with E-state index in [0.717, 1.165) is 44.9 Å². The van der Waals surface area contributed by atoms with E-state index in [9.17, 15) is 61.0 Å². The molecule has 3 saturated heterocycles. The van der Waals surface area contributed by atoms with Crippen LogP contribution in [-0.4, -0.2) is 193 Å². The standard InChI is InChI=1S/C80H147NO18/c1-3-5-7-9-11-13-15-17-19-21-23-25-26-27-28-29-30-31-32-33-34-35-36-38-40-42-44-46-48-50-52-54-56-58-68(86)81-63(64(85)57-55-53-51-49-47-45-43-41-39-37-24-22-20-18-16-14-12-10-8-6-4-2)62-94-78-74(92)71(89)76(66(60-83)96-78)99-80-75(93)72(90)77(67(61-84)97-80)98-79-73(91)70(88)69(87)65(59-82)95-79/h15,17,21,23,47,49,55,57,63-67,69-80,82-85,87-93H,3-14,16,18-20,22,24-46,48,50-54,56,58-62H2,1-2H3,(H,81,86)/b17-15-,23-21-,49-47+,57-55+. The molecular weight excluding hydrogens is 1260 g/mol. The Bertz CT molecular complexity index is 1980. The molecule has 0 saturated carbocycles. The number of carbonyl (C=O) groups is 1. The Morgan fingerprint density at radius 2 is 0.677 bits per heavy atom. The van der Waals surface area contributed by atoms with Gasteiger partial charge in [0.15, 0.2) is 18.9 Å². The predicted molar refractivity (Wildman–Crippen MR) is 392 cm³/mol. The van der Waals surface area contributed by atoms with Crippen LogP contribution in [0.5, 0.6) is 0 Å². The van der Waals surface area contributed by atoms with Crippen LogP contribution in [-0.2, 0) is 33.2 Å². The predicted octanol–water partition coefficient (Wildman–Crippen LogP) is 13.3. The highest BCUT2D eigenvalue weighted by Gasteiger charge is 2.54. The Hall–Kier alpha value is -2.25. The van der Waals surface area contributed by atoms with Crippen molar-refractivity contribution < 1.29 is 89.4 Å². The van der Waals surface area contributed by atoms with Crippen LogP contribution in [0.1, 0.15) is 322 Å². The van der Waals surface area contributed by atoms with Gasteiger partial charge in [-0.05, 0) is 64.2 Å². The Balaban J connectivity index is 1.36. The normalized spacial score (nSPS) is 26.8. The van der Waals surface area contributed by atoms with Crippen molar-refractivity contribution in [2.75, 3.05) is 26.4 Å². The van der Waals surface area contributed by atoms with Crippen LogP contribution in [0.15, 0.2) is 48.6 Å². The highest BCUT2D eigenvalue weighted by atomic mass is 16.8. The van der Waals surface area contributed by atoms with Crippen molar-refractivity contribution >= 4 is 5.91 Å². The van der Waals surface area contributed by atoms with E-state index in [4.69, 9.17) is 28.4 Å². The summed E-state index contributed by atoms with van der Waals surface area (Å²) in [7, 11) is 0. The first-order valence-electron chi connectivity index (χ1n) is 40.4. The van der Waals surface area contributed by atoms with Gasteiger partial charge in [-0.2, -0.15) is 0 Å². The third-order valence-corrected chi connectivity index (χ3v) is 20.1. The molecule has 19 heteroatoms. The van der Waals surface area contributed by atoms with Gasteiger partial charge in [0.25, 0.3) is 0 Å². The lowest BCUT2D eigenvalue weighted by atomic mass is 9.96. The number of ether oxygens (including phenoxy) is 6. The largest absolute Gasteiger partial charge is 0.394 e. The average Bonchev–Trinajstić information content (AvgIpc) is 0.761. The maximum absolute atomic E-state index is 13.5. The van der Waals surface area contributed by atoms with E-state index in [1.807, 2.05) is 6.08 Å². The first kappa shape index (κ1) is 91.0. The Morgan fingerprint density at radius 1 is 0.364 bits per heavy atom. The van der Waals surface area contributed by atoms with E-state index in [0.29, 0.717) is 12.8 Å². The van der Waals surface area contributed by atoms with Crippen LogP contribution in [0, 0.1) is 0 Å². The van der Waals surface area contributed by atoms with Crippen LogP contribution >= 0.6 is 0 Å². The number of aliphatic hydroxyl groups excluding tert-OH is 11. The number of hydrogen-bond acceptors (Lipinski definition) is 18. The fraction of sp³-hybridized carbons (Fsp3) is 0.887. The summed E-state index contributed by atoms with van der Waals surface area (Å²) in [4.78, 5) is 13.5. The molecule has 17 atom stereocenters.